The average Bonchev–Trinajstić information content (AvgIpc) is 2.95. The van der Waals surface area contributed by atoms with Crippen LogP contribution in [-0.4, -0.2) is 23.8 Å². The van der Waals surface area contributed by atoms with Gasteiger partial charge in [0.15, 0.2) is 0 Å². The molecule has 0 atom stereocenters. The second-order valence-electron chi connectivity index (χ2n) is 6.18. The van der Waals surface area contributed by atoms with E-state index in [0.717, 1.165) is 22.6 Å². The molecule has 0 fully saturated rings. The maximum Gasteiger partial charge on any atom is 0.271 e. The highest BCUT2D eigenvalue weighted by molar-refractivity contribution is 6.30. The van der Waals surface area contributed by atoms with Crippen LogP contribution in [0.15, 0.2) is 53.6 Å². The fourth-order valence-electron chi connectivity index (χ4n) is 2.95. The first-order valence-corrected chi connectivity index (χ1v) is 8.90. The minimum atomic E-state index is -0.415. The Morgan fingerprint density at radius 2 is 1.89 bits per heavy atom. The van der Waals surface area contributed by atoms with Crippen LogP contribution in [0.2, 0.25) is 5.02 Å². The van der Waals surface area contributed by atoms with Crippen molar-refractivity contribution in [2.24, 2.45) is 5.10 Å². The molecule has 0 spiro atoms. The lowest BCUT2D eigenvalue weighted by atomic mass is 10.2. The molecule has 1 heterocycles. The first-order valence-electron chi connectivity index (χ1n) is 8.52. The van der Waals surface area contributed by atoms with Gasteiger partial charge in [-0.25, -0.2) is 9.82 Å². The number of aromatic nitrogens is 1. The number of methoxy groups -OCH3 is 1. The number of rotatable bonds is 5. The summed E-state index contributed by atoms with van der Waals surface area (Å²) in [6.07, 6.45) is 1.57. The van der Waals surface area contributed by atoms with Gasteiger partial charge in [0.05, 0.1) is 19.0 Å². The molecule has 0 aliphatic rings. The van der Waals surface area contributed by atoms with E-state index in [1.165, 1.54) is 24.3 Å². The number of benzene rings is 2. The second kappa shape index (κ2) is 8.27. The van der Waals surface area contributed by atoms with Gasteiger partial charge in [-0.15, -0.1) is 0 Å². The van der Waals surface area contributed by atoms with E-state index in [4.69, 9.17) is 16.3 Å². The van der Waals surface area contributed by atoms with Crippen molar-refractivity contribution in [1.29, 1.82) is 0 Å². The Labute approximate surface area is 167 Å². The van der Waals surface area contributed by atoms with Crippen LogP contribution in [0.3, 0.4) is 0 Å². The van der Waals surface area contributed by atoms with Crippen molar-refractivity contribution in [2.75, 3.05) is 7.11 Å². The molecule has 1 N–H and O–H groups in total. The predicted molar refractivity (Wildman–Crippen MR) is 108 cm³/mol. The lowest BCUT2D eigenvalue weighted by Gasteiger charge is -2.14. The Balaban J connectivity index is 1.84. The average molecular weight is 400 g/mol. The summed E-state index contributed by atoms with van der Waals surface area (Å²) in [5, 5.41) is 4.62. The van der Waals surface area contributed by atoms with E-state index in [-0.39, 0.29) is 0 Å². The zero-order valence-corrected chi connectivity index (χ0v) is 16.4. The van der Waals surface area contributed by atoms with E-state index >= 15 is 0 Å². The number of halogens is 2. The third-order valence-electron chi connectivity index (χ3n) is 4.33. The summed E-state index contributed by atoms with van der Waals surface area (Å²) < 4.78 is 20.4. The van der Waals surface area contributed by atoms with E-state index in [1.54, 1.807) is 19.4 Å². The summed E-state index contributed by atoms with van der Waals surface area (Å²) >= 11 is 6.16. The molecule has 1 aromatic heterocycles. The molecule has 0 radical (unpaired) electrons. The highest BCUT2D eigenvalue weighted by Crippen LogP contribution is 2.30. The smallest absolute Gasteiger partial charge is 0.271 e. The second-order valence-corrected chi connectivity index (χ2v) is 6.62. The molecule has 2 aromatic carbocycles. The number of carbonyl (C=O) groups is 1. The van der Waals surface area contributed by atoms with Gasteiger partial charge in [-0.2, -0.15) is 5.10 Å². The Hall–Kier alpha value is -3.12. The number of aryl methyl sites for hydroxylation is 1. The summed E-state index contributed by atoms with van der Waals surface area (Å²) in [4.78, 5) is 12.1. The van der Waals surface area contributed by atoms with E-state index in [0.29, 0.717) is 16.3 Å². The fraction of sp³-hybridized carbons (Fsp3) is 0.143. The Morgan fingerprint density at radius 1 is 1.18 bits per heavy atom. The number of nitrogens with zero attached hydrogens (tertiary/aromatic N) is 2. The van der Waals surface area contributed by atoms with Gasteiger partial charge in [-0.1, -0.05) is 11.6 Å². The quantitative estimate of drug-likeness (QED) is 0.501. The normalized spacial score (nSPS) is 11.0. The molecule has 7 heteroatoms. The molecule has 28 heavy (non-hydrogen) atoms. The van der Waals surface area contributed by atoms with E-state index in [9.17, 15) is 9.18 Å². The lowest BCUT2D eigenvalue weighted by molar-refractivity contribution is 0.0955. The fourth-order valence-corrected chi connectivity index (χ4v) is 3.12. The molecule has 0 aliphatic carbocycles. The molecule has 144 valence electrons. The van der Waals surface area contributed by atoms with Gasteiger partial charge in [0.1, 0.15) is 11.6 Å². The van der Waals surface area contributed by atoms with E-state index in [2.05, 4.69) is 10.5 Å². The Bertz CT molecular complexity index is 1040. The summed E-state index contributed by atoms with van der Waals surface area (Å²) in [5.41, 5.74) is 6.30. The van der Waals surface area contributed by atoms with Crippen molar-refractivity contribution in [2.45, 2.75) is 13.8 Å². The number of hydrogen-bond acceptors (Lipinski definition) is 3. The summed E-state index contributed by atoms with van der Waals surface area (Å²) in [7, 11) is 1.61. The van der Waals surface area contributed by atoms with Gasteiger partial charge >= 0.3 is 0 Å². The first kappa shape index (κ1) is 19.6. The number of ether oxygens (including phenoxy) is 1. The van der Waals surface area contributed by atoms with Gasteiger partial charge in [0, 0.05) is 27.5 Å². The van der Waals surface area contributed by atoms with Crippen LogP contribution in [0.25, 0.3) is 5.69 Å². The number of hydrazone groups is 1. The summed E-state index contributed by atoms with van der Waals surface area (Å²) in [6.45, 7) is 3.90. The molecule has 0 bridgehead atoms. The molecule has 0 saturated carbocycles. The Morgan fingerprint density at radius 3 is 2.57 bits per heavy atom. The van der Waals surface area contributed by atoms with Crippen LogP contribution in [0, 0.1) is 19.7 Å². The van der Waals surface area contributed by atoms with Crippen molar-refractivity contribution >= 4 is 23.7 Å². The van der Waals surface area contributed by atoms with Gasteiger partial charge < -0.3 is 9.30 Å². The molecule has 0 aliphatic heterocycles. The largest absolute Gasteiger partial charge is 0.495 e. The SMILES string of the molecule is COc1ccc(Cl)cc1-n1c(C)cc(/C=N\NC(=O)c2ccc(F)cc2)c1C. The zero-order chi connectivity index (χ0) is 20.3. The van der Waals surface area contributed by atoms with Crippen molar-refractivity contribution in [1.82, 2.24) is 9.99 Å². The Kier molecular flexibility index (Phi) is 5.80. The van der Waals surface area contributed by atoms with Gasteiger partial charge in [-0.05, 0) is 62.4 Å². The molecule has 1 amide bonds. The van der Waals surface area contributed by atoms with Gasteiger partial charge in [0.2, 0.25) is 0 Å². The van der Waals surface area contributed by atoms with Crippen LogP contribution < -0.4 is 10.2 Å². The van der Waals surface area contributed by atoms with Crippen LogP contribution in [0.4, 0.5) is 4.39 Å². The van der Waals surface area contributed by atoms with Crippen LogP contribution in [0.5, 0.6) is 5.75 Å². The molecular weight excluding hydrogens is 381 g/mol. The number of nitrogens with one attached hydrogen (secondary N) is 1. The molecule has 3 rings (SSSR count). The van der Waals surface area contributed by atoms with Crippen molar-refractivity contribution < 1.29 is 13.9 Å². The summed E-state index contributed by atoms with van der Waals surface area (Å²) in [6, 6.07) is 12.6. The molecule has 0 saturated heterocycles. The van der Waals surface area contributed by atoms with Crippen LogP contribution >= 0.6 is 11.6 Å². The van der Waals surface area contributed by atoms with E-state index in [1.807, 2.05) is 36.6 Å². The standard InChI is InChI=1S/C21H19ClFN3O2/c1-13-10-16(12-24-25-21(27)15-4-7-18(23)8-5-15)14(2)26(13)19-11-17(22)6-9-20(19)28-3/h4-12H,1-3H3,(H,25,27)/b24-12-. The number of amides is 1. The topological polar surface area (TPSA) is 55.6 Å². The minimum Gasteiger partial charge on any atom is -0.495 e. The van der Waals surface area contributed by atoms with Crippen LogP contribution in [-0.2, 0) is 0 Å². The third kappa shape index (κ3) is 4.07. The number of carbonyl (C=O) groups excluding carboxylic acids is 1. The number of hydrogen-bond donors (Lipinski definition) is 1. The molecule has 0 unspecified atom stereocenters. The predicted octanol–water partition coefficient (Wildman–Crippen LogP) is 4.66. The van der Waals surface area contributed by atoms with Gasteiger partial charge in [0.25, 0.3) is 5.91 Å². The van der Waals surface area contributed by atoms with Crippen molar-refractivity contribution in [3.05, 3.63) is 81.9 Å². The molecule has 5 nitrogen and oxygen atoms in total. The third-order valence-corrected chi connectivity index (χ3v) is 4.56. The molecular formula is C21H19ClFN3O2. The first-order chi connectivity index (χ1) is 13.4. The highest BCUT2D eigenvalue weighted by atomic mass is 35.5. The van der Waals surface area contributed by atoms with Crippen LogP contribution in [0.1, 0.15) is 27.3 Å². The minimum absolute atomic E-state index is 0.327. The monoisotopic (exact) mass is 399 g/mol. The maximum absolute atomic E-state index is 12.9. The van der Waals surface area contributed by atoms with Crippen molar-refractivity contribution in [3.8, 4) is 11.4 Å². The van der Waals surface area contributed by atoms with Gasteiger partial charge in [-0.3, -0.25) is 4.79 Å². The molecule has 3 aromatic rings. The summed E-state index contributed by atoms with van der Waals surface area (Å²) in [5.74, 6) is -0.121. The van der Waals surface area contributed by atoms with Crippen molar-refractivity contribution in [3.63, 3.8) is 0 Å². The highest BCUT2D eigenvalue weighted by Gasteiger charge is 2.14. The zero-order valence-electron chi connectivity index (χ0n) is 15.7. The lowest BCUT2D eigenvalue weighted by Crippen LogP contribution is -2.17. The van der Waals surface area contributed by atoms with E-state index < -0.39 is 11.7 Å². The maximum atomic E-state index is 12.9.